The first-order valence-corrected chi connectivity index (χ1v) is 17.6. The van der Waals surface area contributed by atoms with Crippen molar-refractivity contribution >= 4 is 36.1 Å². The predicted octanol–water partition coefficient (Wildman–Crippen LogP) is 9.25. The minimum absolute atomic E-state index is 0.0292. The van der Waals surface area contributed by atoms with E-state index < -0.39 is 0 Å². The first-order chi connectivity index (χ1) is 19.0. The number of aryl methyl sites for hydroxylation is 3. The van der Waals surface area contributed by atoms with E-state index in [1.165, 1.54) is 80.8 Å². The second-order valence-electron chi connectivity index (χ2n) is 11.7. The molecule has 1 N–H and O–H groups in total. The highest BCUT2D eigenvalue weighted by Crippen LogP contribution is 2.31. The SMILES string of the molecule is CBc1ccc(CCC(C)CCCC)cc1.CC.CC1CCc2cc(CC[C@H]3CCCC3O)ccc2C1.SS. The molecule has 2 aromatic carbocycles. The van der Waals surface area contributed by atoms with Crippen molar-refractivity contribution in [2.45, 2.75) is 131 Å². The van der Waals surface area contributed by atoms with Gasteiger partial charge in [0.2, 0.25) is 0 Å². The van der Waals surface area contributed by atoms with Gasteiger partial charge in [0.25, 0.3) is 0 Å². The summed E-state index contributed by atoms with van der Waals surface area (Å²) in [4.78, 5) is 0. The number of fused-ring (bicyclic) bond motifs is 1. The van der Waals surface area contributed by atoms with Gasteiger partial charge in [0.05, 0.1) is 6.10 Å². The van der Waals surface area contributed by atoms with Crippen molar-refractivity contribution < 1.29 is 5.11 Å². The van der Waals surface area contributed by atoms with E-state index in [1.807, 2.05) is 13.8 Å². The maximum absolute atomic E-state index is 9.89. The molecular weight excluding hydrogens is 511 g/mol. The molecule has 220 valence electrons. The van der Waals surface area contributed by atoms with Gasteiger partial charge >= 0.3 is 0 Å². The molecule has 4 heteroatoms. The molecular formula is C35H59BOS2. The molecule has 1 fully saturated rings. The Morgan fingerprint density at radius 3 is 2.23 bits per heavy atom. The van der Waals surface area contributed by atoms with Crippen molar-refractivity contribution in [1.29, 1.82) is 0 Å². The Bertz CT molecular complexity index is 869. The zero-order valence-corrected chi connectivity index (χ0v) is 27.9. The summed E-state index contributed by atoms with van der Waals surface area (Å²) in [6.07, 6.45) is 16.3. The molecule has 4 rings (SSSR count). The lowest BCUT2D eigenvalue weighted by molar-refractivity contribution is 0.128. The van der Waals surface area contributed by atoms with Crippen LogP contribution in [0.4, 0.5) is 0 Å². The van der Waals surface area contributed by atoms with Crippen LogP contribution in [-0.4, -0.2) is 18.5 Å². The average molecular weight is 571 g/mol. The topological polar surface area (TPSA) is 20.2 Å². The number of rotatable bonds is 10. The molecule has 3 unspecified atom stereocenters. The number of aliphatic hydroxyl groups is 1. The van der Waals surface area contributed by atoms with E-state index in [-0.39, 0.29) is 6.10 Å². The van der Waals surface area contributed by atoms with Crippen molar-refractivity contribution in [2.75, 3.05) is 0 Å². The van der Waals surface area contributed by atoms with Crippen LogP contribution in [0.2, 0.25) is 6.82 Å². The van der Waals surface area contributed by atoms with Crippen LogP contribution in [-0.2, 0) is 25.7 Å². The van der Waals surface area contributed by atoms with E-state index in [0.717, 1.165) is 38.4 Å². The Morgan fingerprint density at radius 2 is 1.62 bits per heavy atom. The van der Waals surface area contributed by atoms with Gasteiger partial charge in [-0.25, -0.2) is 0 Å². The van der Waals surface area contributed by atoms with E-state index in [1.54, 1.807) is 11.1 Å². The third kappa shape index (κ3) is 14.1. The third-order valence-electron chi connectivity index (χ3n) is 8.58. The fourth-order valence-corrected chi connectivity index (χ4v) is 5.90. The largest absolute Gasteiger partial charge is 0.393 e. The quantitative estimate of drug-likeness (QED) is 0.148. The molecule has 0 bridgehead atoms. The second-order valence-corrected chi connectivity index (χ2v) is 11.7. The molecule has 2 aliphatic rings. The van der Waals surface area contributed by atoms with Gasteiger partial charge in [-0.2, -0.15) is 0 Å². The van der Waals surface area contributed by atoms with Crippen LogP contribution < -0.4 is 5.46 Å². The van der Waals surface area contributed by atoms with Crippen LogP contribution in [0.5, 0.6) is 0 Å². The average Bonchev–Trinajstić information content (AvgIpc) is 3.40. The van der Waals surface area contributed by atoms with Crippen LogP contribution in [0, 0.1) is 17.8 Å². The van der Waals surface area contributed by atoms with Crippen molar-refractivity contribution in [3.63, 3.8) is 0 Å². The molecule has 2 aromatic rings. The van der Waals surface area contributed by atoms with Crippen LogP contribution >= 0.6 is 23.3 Å². The van der Waals surface area contributed by atoms with Crippen molar-refractivity contribution in [1.82, 2.24) is 0 Å². The minimum Gasteiger partial charge on any atom is -0.393 e. The summed E-state index contributed by atoms with van der Waals surface area (Å²) in [5.74, 6) is 2.29. The van der Waals surface area contributed by atoms with E-state index >= 15 is 0 Å². The molecule has 0 heterocycles. The zero-order valence-electron chi connectivity index (χ0n) is 26.1. The van der Waals surface area contributed by atoms with Crippen LogP contribution in [0.1, 0.15) is 115 Å². The van der Waals surface area contributed by atoms with Crippen LogP contribution in [0.15, 0.2) is 42.5 Å². The van der Waals surface area contributed by atoms with E-state index in [2.05, 4.69) is 93.4 Å². The molecule has 39 heavy (non-hydrogen) atoms. The maximum Gasteiger partial charge on any atom is 0.154 e. The predicted molar refractivity (Wildman–Crippen MR) is 185 cm³/mol. The Balaban J connectivity index is 0.000000351. The van der Waals surface area contributed by atoms with Gasteiger partial charge in [-0.15, -0.1) is 23.3 Å². The highest BCUT2D eigenvalue weighted by atomic mass is 33.1. The van der Waals surface area contributed by atoms with E-state index in [4.69, 9.17) is 0 Å². The van der Waals surface area contributed by atoms with E-state index in [0.29, 0.717) is 5.92 Å². The second kappa shape index (κ2) is 21.9. The Kier molecular flexibility index (Phi) is 20.3. The summed E-state index contributed by atoms with van der Waals surface area (Å²) in [7, 11) is 1.15. The summed E-state index contributed by atoms with van der Waals surface area (Å²) in [5.41, 5.74) is 7.58. The van der Waals surface area contributed by atoms with Gasteiger partial charge < -0.3 is 5.11 Å². The minimum atomic E-state index is -0.0292. The maximum atomic E-state index is 9.89. The number of hydrogen-bond acceptors (Lipinski definition) is 3. The molecule has 0 radical (unpaired) electrons. The summed E-state index contributed by atoms with van der Waals surface area (Å²) >= 11 is 6.44. The normalized spacial score (nSPS) is 20.2. The summed E-state index contributed by atoms with van der Waals surface area (Å²) in [6, 6.07) is 16.2. The van der Waals surface area contributed by atoms with Gasteiger partial charge in [-0.05, 0) is 97.8 Å². The molecule has 0 aromatic heterocycles. The molecule has 2 aliphatic carbocycles. The Morgan fingerprint density at radius 1 is 0.923 bits per heavy atom. The van der Waals surface area contributed by atoms with Gasteiger partial charge in [-0.3, -0.25) is 0 Å². The molecule has 1 nitrogen and oxygen atoms in total. The number of aliphatic hydroxyl groups excluding tert-OH is 1. The van der Waals surface area contributed by atoms with Gasteiger partial charge in [-0.1, -0.05) is 115 Å². The van der Waals surface area contributed by atoms with Crippen molar-refractivity contribution in [3.05, 3.63) is 64.7 Å². The fourth-order valence-electron chi connectivity index (χ4n) is 5.90. The van der Waals surface area contributed by atoms with Crippen molar-refractivity contribution in [3.8, 4) is 0 Å². The van der Waals surface area contributed by atoms with Gasteiger partial charge in [0, 0.05) is 0 Å². The lowest BCUT2D eigenvalue weighted by Crippen LogP contribution is -2.14. The Hall–Kier alpha value is -0.835. The standard InChI is InChI=1S/C18H26O.C15H25B.C2H6.H2S2/c1-13-5-8-17-12-14(7-10-16(17)11-13)6-9-15-3-2-4-18(15)19;1-4-5-6-13(2)7-8-14-9-11-15(16-3)12-10-14;2*1-2/h7,10,12-13,15,18-19H,2-6,8-9,11H2,1H3;9-13,16H,4-8H2,1-3H3;1-2H3;1-2H/t13?,15-,18?;;;/m1.../s1. The van der Waals surface area contributed by atoms with Crippen LogP contribution in [0.3, 0.4) is 0 Å². The summed E-state index contributed by atoms with van der Waals surface area (Å²) in [5, 5.41) is 9.89. The molecule has 0 aliphatic heterocycles. The molecule has 0 spiro atoms. The summed E-state index contributed by atoms with van der Waals surface area (Å²) in [6.45, 7) is 13.2. The smallest absolute Gasteiger partial charge is 0.154 e. The van der Waals surface area contributed by atoms with Gasteiger partial charge in [0.1, 0.15) is 0 Å². The van der Waals surface area contributed by atoms with Gasteiger partial charge in [0.15, 0.2) is 7.28 Å². The number of unbranched alkanes of at least 4 members (excludes halogenated alkanes) is 1. The number of thiol groups is 2. The number of benzene rings is 2. The molecule has 4 atom stereocenters. The summed E-state index contributed by atoms with van der Waals surface area (Å²) < 4.78 is 0. The Labute approximate surface area is 253 Å². The lowest BCUT2D eigenvalue weighted by Gasteiger charge is -2.22. The molecule has 1 saturated carbocycles. The first kappa shape index (κ1) is 36.2. The monoisotopic (exact) mass is 570 g/mol. The molecule has 0 saturated heterocycles. The third-order valence-corrected chi connectivity index (χ3v) is 8.58. The lowest BCUT2D eigenvalue weighted by atomic mass is 9.73. The fraction of sp³-hybridized carbons (Fsp3) is 0.657. The van der Waals surface area contributed by atoms with Crippen molar-refractivity contribution in [2.24, 2.45) is 17.8 Å². The molecule has 0 amide bonds. The highest BCUT2D eigenvalue weighted by Gasteiger charge is 2.24. The first-order valence-electron chi connectivity index (χ1n) is 16.0. The highest BCUT2D eigenvalue weighted by molar-refractivity contribution is 8.59. The van der Waals surface area contributed by atoms with Crippen LogP contribution in [0.25, 0.3) is 0 Å². The van der Waals surface area contributed by atoms with E-state index in [9.17, 15) is 5.11 Å². The zero-order chi connectivity index (χ0) is 29.0. The number of hydrogen-bond donors (Lipinski definition) is 3.